The van der Waals surface area contributed by atoms with Gasteiger partial charge in [0.15, 0.2) is 22.4 Å². The number of ether oxygens (including phenoxy) is 4. The molecule has 3 N–H and O–H groups in total. The van der Waals surface area contributed by atoms with E-state index in [2.05, 4.69) is 10.3 Å². The molecule has 8 nitrogen and oxygen atoms in total. The number of hydrogen-bond acceptors (Lipinski definition) is 9. The van der Waals surface area contributed by atoms with Crippen molar-refractivity contribution in [2.75, 3.05) is 32.4 Å². The summed E-state index contributed by atoms with van der Waals surface area (Å²) in [5.74, 6) is 2.64. The summed E-state index contributed by atoms with van der Waals surface area (Å²) in [6, 6.07) is 13.6. The molecule has 2 aromatic carbocycles. The predicted molar refractivity (Wildman–Crippen MR) is 122 cm³/mol. The van der Waals surface area contributed by atoms with Crippen molar-refractivity contribution in [1.82, 2.24) is 4.98 Å². The molecule has 1 aliphatic heterocycles. The van der Waals surface area contributed by atoms with Gasteiger partial charge < -0.3 is 30.0 Å². The largest absolute Gasteiger partial charge is 0.493 e. The highest BCUT2D eigenvalue weighted by Gasteiger charge is 2.32. The Bertz CT molecular complexity index is 1080. The van der Waals surface area contributed by atoms with E-state index in [0.29, 0.717) is 39.8 Å². The van der Waals surface area contributed by atoms with Gasteiger partial charge in [-0.3, -0.25) is 0 Å². The van der Waals surface area contributed by atoms with E-state index >= 15 is 0 Å². The second-order valence-electron chi connectivity index (χ2n) is 6.89. The van der Waals surface area contributed by atoms with Gasteiger partial charge in [0.1, 0.15) is 11.0 Å². The summed E-state index contributed by atoms with van der Waals surface area (Å²) in [6.45, 7) is 2.03. The van der Waals surface area contributed by atoms with Gasteiger partial charge in [0.2, 0.25) is 11.6 Å². The van der Waals surface area contributed by atoms with Crippen molar-refractivity contribution in [3.05, 3.63) is 52.9 Å². The Morgan fingerprint density at radius 2 is 1.71 bits per heavy atom. The van der Waals surface area contributed by atoms with Crippen LogP contribution in [0.1, 0.15) is 23.5 Å². The topological polar surface area (TPSA) is 100 Å². The number of aromatic nitrogens is 1. The van der Waals surface area contributed by atoms with E-state index in [4.69, 9.17) is 29.7 Å². The molecule has 4 rings (SSSR count). The molecule has 2 heterocycles. The zero-order chi connectivity index (χ0) is 22.0. The maximum Gasteiger partial charge on any atom is 0.231 e. The van der Waals surface area contributed by atoms with E-state index in [-0.39, 0.29) is 12.1 Å². The molecule has 0 spiro atoms. The average molecular weight is 441 g/mol. The fourth-order valence-corrected chi connectivity index (χ4v) is 4.19. The van der Waals surface area contributed by atoms with Crippen molar-refractivity contribution in [1.29, 1.82) is 0 Å². The molecule has 1 aromatic heterocycles. The normalized spacial score (nSPS) is 17.6. The summed E-state index contributed by atoms with van der Waals surface area (Å²) in [5.41, 5.74) is 7.80. The summed E-state index contributed by atoms with van der Waals surface area (Å²) in [4.78, 5) is 9.90. The van der Waals surface area contributed by atoms with Crippen LogP contribution in [-0.2, 0) is 4.74 Å². The Balaban J connectivity index is 1.64. The van der Waals surface area contributed by atoms with Crippen LogP contribution in [0.3, 0.4) is 0 Å². The quantitative estimate of drug-likeness (QED) is 0.561. The van der Waals surface area contributed by atoms with E-state index in [1.807, 2.05) is 37.3 Å². The van der Waals surface area contributed by atoms with Crippen LogP contribution < -0.4 is 25.3 Å². The minimum Gasteiger partial charge on any atom is -0.493 e. The molecule has 3 aromatic rings. The first-order chi connectivity index (χ1) is 15.0. The van der Waals surface area contributed by atoms with Gasteiger partial charge >= 0.3 is 0 Å². The van der Waals surface area contributed by atoms with Gasteiger partial charge in [-0.25, -0.2) is 9.98 Å². The fourth-order valence-electron chi connectivity index (χ4n) is 3.46. The Kier molecular flexibility index (Phi) is 5.85. The molecule has 0 bridgehead atoms. The maximum atomic E-state index is 6.22. The minimum atomic E-state index is -0.159. The molecule has 2 atom stereocenters. The molecular weight excluding hydrogens is 416 g/mol. The van der Waals surface area contributed by atoms with Crippen molar-refractivity contribution in [3.63, 3.8) is 0 Å². The Labute approximate surface area is 184 Å². The van der Waals surface area contributed by atoms with Gasteiger partial charge in [0.25, 0.3) is 0 Å². The second-order valence-corrected chi connectivity index (χ2v) is 7.92. The summed E-state index contributed by atoms with van der Waals surface area (Å²) in [5, 5.41) is 3.69. The van der Waals surface area contributed by atoms with Crippen LogP contribution in [0.25, 0.3) is 0 Å². The zero-order valence-corrected chi connectivity index (χ0v) is 18.5. The lowest BCUT2D eigenvalue weighted by molar-refractivity contribution is 0.203. The summed E-state index contributed by atoms with van der Waals surface area (Å²) in [7, 11) is 4.70. The van der Waals surface area contributed by atoms with Crippen LogP contribution in [-0.4, -0.2) is 38.3 Å². The third-order valence-corrected chi connectivity index (χ3v) is 5.76. The van der Waals surface area contributed by atoms with Gasteiger partial charge in [-0.2, -0.15) is 0 Å². The standard InChI is InChI=1S/C22H24N4O4S/c1-12-17(13-8-6-5-7-9-13)30-21(24-12)19-20(26-22(23)31-19)25-14-10-15(27-2)18(29-4)16(11-14)28-3/h5-12,17,25H,1-4H3,(H2,23,26). The average Bonchev–Trinajstić information content (AvgIpc) is 3.35. The van der Waals surface area contributed by atoms with E-state index in [1.165, 1.54) is 11.3 Å². The molecule has 0 fully saturated rings. The van der Waals surface area contributed by atoms with E-state index in [0.717, 1.165) is 10.4 Å². The molecule has 1 aliphatic rings. The first kappa shape index (κ1) is 20.8. The SMILES string of the molecule is COc1cc(Nc2nc(N)sc2C2=NC(C)C(c3ccccc3)O2)cc(OC)c1OC. The fraction of sp³-hybridized carbons (Fsp3) is 0.273. The van der Waals surface area contributed by atoms with Crippen LogP contribution in [0.15, 0.2) is 47.5 Å². The van der Waals surface area contributed by atoms with Crippen LogP contribution in [0.4, 0.5) is 16.6 Å². The third kappa shape index (κ3) is 4.09. The Morgan fingerprint density at radius 3 is 2.32 bits per heavy atom. The van der Waals surface area contributed by atoms with E-state index in [9.17, 15) is 0 Å². The van der Waals surface area contributed by atoms with Crippen LogP contribution in [0.5, 0.6) is 17.2 Å². The molecule has 0 radical (unpaired) electrons. The summed E-state index contributed by atoms with van der Waals surface area (Å²) < 4.78 is 22.5. The minimum absolute atomic E-state index is 0.0326. The van der Waals surface area contributed by atoms with Crippen molar-refractivity contribution in [3.8, 4) is 17.2 Å². The van der Waals surface area contributed by atoms with Gasteiger partial charge in [0.05, 0.1) is 27.4 Å². The smallest absolute Gasteiger partial charge is 0.231 e. The number of benzene rings is 2. The zero-order valence-electron chi connectivity index (χ0n) is 17.7. The number of methoxy groups -OCH3 is 3. The molecule has 0 saturated heterocycles. The summed E-state index contributed by atoms with van der Waals surface area (Å²) in [6.07, 6.45) is -0.159. The van der Waals surface area contributed by atoms with E-state index < -0.39 is 0 Å². The Morgan fingerprint density at radius 1 is 1.03 bits per heavy atom. The molecule has 0 amide bonds. The van der Waals surface area contributed by atoms with Gasteiger partial charge in [-0.15, -0.1) is 0 Å². The molecule has 162 valence electrons. The lowest BCUT2D eigenvalue weighted by atomic mass is 10.0. The number of nitrogens with one attached hydrogen (secondary N) is 1. The van der Waals surface area contributed by atoms with Crippen LogP contribution in [0, 0.1) is 0 Å². The highest BCUT2D eigenvalue weighted by atomic mass is 32.1. The number of nitrogen functional groups attached to an aromatic ring is 1. The molecule has 31 heavy (non-hydrogen) atoms. The van der Waals surface area contributed by atoms with Crippen molar-refractivity contribution in [2.45, 2.75) is 19.1 Å². The molecule has 0 aliphatic carbocycles. The number of thiazole rings is 1. The monoisotopic (exact) mass is 440 g/mol. The van der Waals surface area contributed by atoms with Gasteiger partial charge in [-0.05, 0) is 12.5 Å². The number of anilines is 3. The lowest BCUT2D eigenvalue weighted by Crippen LogP contribution is -2.11. The molecule has 0 saturated carbocycles. The van der Waals surface area contributed by atoms with Crippen LogP contribution >= 0.6 is 11.3 Å². The number of hydrogen-bond donors (Lipinski definition) is 2. The van der Waals surface area contributed by atoms with E-state index in [1.54, 1.807) is 33.5 Å². The molecular formula is C22H24N4O4S. The second kappa shape index (κ2) is 8.73. The first-order valence-corrected chi connectivity index (χ1v) is 10.5. The molecule has 9 heteroatoms. The lowest BCUT2D eigenvalue weighted by Gasteiger charge is -2.16. The third-order valence-electron chi connectivity index (χ3n) is 4.89. The van der Waals surface area contributed by atoms with Crippen molar-refractivity contribution < 1.29 is 18.9 Å². The highest BCUT2D eigenvalue weighted by Crippen LogP contribution is 2.42. The maximum absolute atomic E-state index is 6.22. The van der Waals surface area contributed by atoms with Crippen molar-refractivity contribution >= 4 is 33.9 Å². The van der Waals surface area contributed by atoms with Crippen molar-refractivity contribution in [2.24, 2.45) is 4.99 Å². The van der Waals surface area contributed by atoms with Crippen LogP contribution in [0.2, 0.25) is 0 Å². The summed E-state index contributed by atoms with van der Waals surface area (Å²) >= 11 is 1.32. The van der Waals surface area contributed by atoms with Gasteiger partial charge in [0, 0.05) is 17.8 Å². The Hall–Kier alpha value is -3.46. The predicted octanol–water partition coefficient (Wildman–Crippen LogP) is 4.40. The number of nitrogens with two attached hydrogens (primary N) is 1. The number of nitrogens with zero attached hydrogens (tertiary/aromatic N) is 2. The first-order valence-electron chi connectivity index (χ1n) is 9.67. The van der Waals surface area contributed by atoms with Gasteiger partial charge in [-0.1, -0.05) is 41.7 Å². The molecule has 2 unspecified atom stereocenters. The number of aliphatic imine (C=N–C) groups is 1. The highest BCUT2D eigenvalue weighted by molar-refractivity contribution is 7.17. The number of rotatable bonds is 7.